The van der Waals surface area contributed by atoms with Crippen molar-refractivity contribution in [2.75, 3.05) is 5.32 Å². The van der Waals surface area contributed by atoms with Crippen LogP contribution in [0.1, 0.15) is 13.8 Å². The highest BCUT2D eigenvalue weighted by molar-refractivity contribution is 7.92. The van der Waals surface area contributed by atoms with Crippen molar-refractivity contribution in [3.8, 4) is 0 Å². The van der Waals surface area contributed by atoms with E-state index in [-0.39, 0.29) is 21.4 Å². The Morgan fingerprint density at radius 3 is 2.35 bits per heavy atom. The lowest BCUT2D eigenvalue weighted by Crippen LogP contribution is -2.21. The molecule has 0 aliphatic rings. The Bertz CT molecular complexity index is 653. The lowest BCUT2D eigenvalue weighted by molar-refractivity contribution is 0.587. The van der Waals surface area contributed by atoms with Crippen LogP contribution in [0.15, 0.2) is 40.0 Å². The van der Waals surface area contributed by atoms with Crippen molar-refractivity contribution in [3.05, 3.63) is 35.1 Å². The van der Waals surface area contributed by atoms with Crippen molar-refractivity contribution in [2.45, 2.75) is 24.0 Å². The quantitative estimate of drug-likeness (QED) is 0.485. The molecule has 0 unspecified atom stereocenters. The van der Waals surface area contributed by atoms with Gasteiger partial charge in [-0.25, -0.2) is 8.42 Å². The third-order valence-corrected chi connectivity index (χ3v) is 5.17. The van der Waals surface area contributed by atoms with E-state index in [1.165, 1.54) is 6.07 Å². The van der Waals surface area contributed by atoms with E-state index in [0.29, 0.717) is 0 Å². The molecule has 0 aromatic heterocycles. The van der Waals surface area contributed by atoms with Crippen molar-refractivity contribution >= 4 is 33.0 Å². The Balaban J connectivity index is 3.30. The van der Waals surface area contributed by atoms with Gasteiger partial charge < -0.3 is 16.8 Å². The van der Waals surface area contributed by atoms with Crippen LogP contribution in [-0.4, -0.2) is 19.5 Å². The summed E-state index contributed by atoms with van der Waals surface area (Å²) >= 11 is 5.74. The topological polar surface area (TPSA) is 122 Å². The molecule has 0 saturated carbocycles. The van der Waals surface area contributed by atoms with Gasteiger partial charge in [0.2, 0.25) is 0 Å². The fourth-order valence-corrected chi connectivity index (χ4v) is 2.67. The highest BCUT2D eigenvalue weighted by Crippen LogP contribution is 2.25. The standard InChI is InChI=1S/C12H17ClN4O2S/c1-7(2)20(18,19)9-6-4-3-5-8(9)17-12(16)10(13)11(14)15/h3-7,17H,16H2,1-2H3,(H3,14,15)/b12-10-. The van der Waals surface area contributed by atoms with Crippen LogP contribution >= 0.6 is 11.6 Å². The molecule has 20 heavy (non-hydrogen) atoms. The predicted octanol–water partition coefficient (Wildman–Crippen LogP) is 1.58. The van der Waals surface area contributed by atoms with Crippen molar-refractivity contribution < 1.29 is 8.42 Å². The second kappa shape index (κ2) is 6.15. The van der Waals surface area contributed by atoms with Crippen LogP contribution in [0.25, 0.3) is 0 Å². The summed E-state index contributed by atoms with van der Waals surface area (Å²) in [4.78, 5) is 0.117. The summed E-state index contributed by atoms with van der Waals surface area (Å²) < 4.78 is 24.5. The van der Waals surface area contributed by atoms with Gasteiger partial charge in [-0.15, -0.1) is 0 Å². The molecule has 0 aliphatic carbocycles. The zero-order chi connectivity index (χ0) is 15.5. The monoisotopic (exact) mass is 316 g/mol. The second-order valence-corrected chi connectivity index (χ2v) is 7.21. The number of benzene rings is 1. The van der Waals surface area contributed by atoms with Crippen molar-refractivity contribution in [2.24, 2.45) is 11.5 Å². The fraction of sp³-hybridized carbons (Fsp3) is 0.250. The summed E-state index contributed by atoms with van der Waals surface area (Å²) in [6, 6.07) is 6.32. The van der Waals surface area contributed by atoms with Gasteiger partial charge in [-0.1, -0.05) is 23.7 Å². The van der Waals surface area contributed by atoms with E-state index in [2.05, 4.69) is 5.32 Å². The molecule has 1 aromatic carbocycles. The third-order valence-electron chi connectivity index (χ3n) is 2.56. The molecule has 6 nitrogen and oxygen atoms in total. The largest absolute Gasteiger partial charge is 0.384 e. The van der Waals surface area contributed by atoms with Gasteiger partial charge >= 0.3 is 0 Å². The van der Waals surface area contributed by atoms with E-state index in [9.17, 15) is 8.42 Å². The van der Waals surface area contributed by atoms with Gasteiger partial charge in [0.15, 0.2) is 9.84 Å². The molecule has 0 atom stereocenters. The highest BCUT2D eigenvalue weighted by Gasteiger charge is 2.22. The van der Waals surface area contributed by atoms with E-state index in [0.717, 1.165) is 0 Å². The molecule has 0 bridgehead atoms. The number of nitrogens with one attached hydrogen (secondary N) is 2. The first kappa shape index (κ1) is 16.3. The number of hydrogen-bond acceptors (Lipinski definition) is 5. The van der Waals surface area contributed by atoms with E-state index >= 15 is 0 Å². The number of anilines is 1. The molecule has 8 heteroatoms. The predicted molar refractivity (Wildman–Crippen MR) is 81.4 cm³/mol. The molecule has 0 fully saturated rings. The molecule has 1 rings (SSSR count). The summed E-state index contributed by atoms with van der Waals surface area (Å²) in [5, 5.41) is 9.13. The second-order valence-electron chi connectivity index (χ2n) is 4.36. The number of nitrogens with two attached hydrogens (primary N) is 2. The fourth-order valence-electron chi connectivity index (χ4n) is 1.42. The number of hydrogen-bond donors (Lipinski definition) is 4. The van der Waals surface area contributed by atoms with Crippen LogP contribution in [0.3, 0.4) is 0 Å². The summed E-state index contributed by atoms with van der Waals surface area (Å²) in [5.41, 5.74) is 11.2. The summed E-state index contributed by atoms with van der Waals surface area (Å²) in [7, 11) is -3.47. The Labute approximate surface area is 123 Å². The minimum atomic E-state index is -3.47. The van der Waals surface area contributed by atoms with Crippen LogP contribution in [-0.2, 0) is 9.84 Å². The van der Waals surface area contributed by atoms with E-state index in [4.69, 9.17) is 28.5 Å². The number of sulfone groups is 1. The SMILES string of the molecule is CC(C)S(=O)(=O)c1ccccc1N/C(N)=C(\Cl)C(=N)N. The zero-order valence-electron chi connectivity index (χ0n) is 11.1. The maximum absolute atomic E-state index is 12.2. The van der Waals surface area contributed by atoms with Crippen molar-refractivity contribution in [1.82, 2.24) is 0 Å². The zero-order valence-corrected chi connectivity index (χ0v) is 12.7. The molecule has 110 valence electrons. The van der Waals surface area contributed by atoms with Gasteiger partial charge in [-0.05, 0) is 26.0 Å². The van der Waals surface area contributed by atoms with E-state index < -0.39 is 20.9 Å². The molecular formula is C12H17ClN4O2S. The third kappa shape index (κ3) is 3.43. The normalized spacial score (nSPS) is 13.0. The summed E-state index contributed by atoms with van der Waals surface area (Å²) in [6.45, 7) is 3.18. The molecule has 0 amide bonds. The first-order valence-corrected chi connectivity index (χ1v) is 7.70. The molecule has 1 aromatic rings. The van der Waals surface area contributed by atoms with Gasteiger partial charge in [0.1, 0.15) is 16.7 Å². The summed E-state index contributed by atoms with van der Waals surface area (Å²) in [5.74, 6) is -0.480. The Hall–Kier alpha value is -1.73. The van der Waals surface area contributed by atoms with Gasteiger partial charge in [0.25, 0.3) is 0 Å². The number of rotatable bonds is 5. The average molecular weight is 317 g/mol. The van der Waals surface area contributed by atoms with Crippen LogP contribution in [0.5, 0.6) is 0 Å². The minimum absolute atomic E-state index is 0.0782. The highest BCUT2D eigenvalue weighted by atomic mass is 35.5. The maximum Gasteiger partial charge on any atom is 0.182 e. The van der Waals surface area contributed by atoms with Gasteiger partial charge in [0.05, 0.1) is 15.8 Å². The first-order chi connectivity index (χ1) is 9.17. The van der Waals surface area contributed by atoms with Crippen LogP contribution < -0.4 is 16.8 Å². The summed E-state index contributed by atoms with van der Waals surface area (Å²) in [6.07, 6.45) is 0. The average Bonchev–Trinajstić information content (AvgIpc) is 2.37. The van der Waals surface area contributed by atoms with Crippen LogP contribution in [0.2, 0.25) is 0 Å². The lowest BCUT2D eigenvalue weighted by Gasteiger charge is -2.15. The molecule has 0 heterocycles. The smallest absolute Gasteiger partial charge is 0.182 e. The Kier molecular flexibility index (Phi) is 5.02. The van der Waals surface area contributed by atoms with Crippen molar-refractivity contribution in [3.63, 3.8) is 0 Å². The van der Waals surface area contributed by atoms with Crippen LogP contribution in [0.4, 0.5) is 5.69 Å². The van der Waals surface area contributed by atoms with E-state index in [1.807, 2.05) is 0 Å². The number of para-hydroxylation sites is 1. The number of halogens is 1. The van der Waals surface area contributed by atoms with Crippen LogP contribution in [0, 0.1) is 5.41 Å². The molecule has 0 saturated heterocycles. The van der Waals surface area contributed by atoms with E-state index in [1.54, 1.807) is 32.0 Å². The first-order valence-electron chi connectivity index (χ1n) is 5.77. The van der Waals surface area contributed by atoms with Crippen molar-refractivity contribution in [1.29, 1.82) is 5.41 Å². The molecule has 6 N–H and O–H groups in total. The minimum Gasteiger partial charge on any atom is -0.384 e. The molecule has 0 aliphatic heterocycles. The van der Waals surface area contributed by atoms with Gasteiger partial charge in [0, 0.05) is 0 Å². The number of amidine groups is 1. The Morgan fingerprint density at radius 1 is 1.30 bits per heavy atom. The maximum atomic E-state index is 12.2. The lowest BCUT2D eigenvalue weighted by atomic mass is 10.3. The van der Waals surface area contributed by atoms with Gasteiger partial charge in [-0.3, -0.25) is 5.41 Å². The van der Waals surface area contributed by atoms with Gasteiger partial charge in [-0.2, -0.15) is 0 Å². The molecular weight excluding hydrogens is 300 g/mol. The Morgan fingerprint density at radius 2 is 1.85 bits per heavy atom. The molecule has 0 radical (unpaired) electrons. The molecule has 0 spiro atoms.